The molecule has 3 aromatic carbocycles. The molecule has 0 aliphatic rings. The summed E-state index contributed by atoms with van der Waals surface area (Å²) in [5, 5.41) is 4.42. The molecule has 0 saturated heterocycles. The van der Waals surface area contributed by atoms with E-state index in [1.807, 2.05) is 72.8 Å². The van der Waals surface area contributed by atoms with Gasteiger partial charge >= 0.3 is 0 Å². The number of ether oxygens (including phenoxy) is 3. The molecule has 36 heavy (non-hydrogen) atoms. The van der Waals surface area contributed by atoms with E-state index in [0.29, 0.717) is 40.0 Å². The van der Waals surface area contributed by atoms with Crippen LogP contribution in [0, 0.1) is 0 Å². The van der Waals surface area contributed by atoms with Crippen LogP contribution in [-0.4, -0.2) is 28.3 Å². The molecule has 0 atom stereocenters. The summed E-state index contributed by atoms with van der Waals surface area (Å²) in [6.45, 7) is 4.51. The molecule has 180 valence electrons. The Bertz CT molecular complexity index is 1610. The molecular formula is C28H23N3O4S. The molecule has 0 saturated carbocycles. The van der Waals surface area contributed by atoms with E-state index in [1.54, 1.807) is 19.3 Å². The highest BCUT2D eigenvalue weighted by Gasteiger charge is 2.13. The standard InChI is InChI=1S/C28H23N3O4S/c1-3-15-34-22-12-10-21(11-13-22)26-29-28-31(30-26)27(32)25(36-28)17-20-9-14-23(24(16-20)33-2)35-18-19-7-5-4-6-8-19/h3-14,16-17H,1,15,18H2,2H3/b25-17+. The zero-order valence-electron chi connectivity index (χ0n) is 19.6. The first-order valence-corrected chi connectivity index (χ1v) is 12.1. The first-order chi connectivity index (χ1) is 17.6. The number of methoxy groups -OCH3 is 1. The minimum atomic E-state index is -0.219. The fraction of sp³-hybridized carbons (Fsp3) is 0.107. The number of aromatic nitrogens is 3. The summed E-state index contributed by atoms with van der Waals surface area (Å²) in [5.74, 6) is 2.44. The van der Waals surface area contributed by atoms with Crippen LogP contribution in [0.2, 0.25) is 0 Å². The summed E-state index contributed by atoms with van der Waals surface area (Å²) in [6, 6.07) is 22.9. The number of hydrogen-bond donors (Lipinski definition) is 0. The van der Waals surface area contributed by atoms with Gasteiger partial charge in [0, 0.05) is 5.56 Å². The van der Waals surface area contributed by atoms with Crippen LogP contribution >= 0.6 is 11.3 Å². The lowest BCUT2D eigenvalue weighted by molar-refractivity contribution is 0.284. The summed E-state index contributed by atoms with van der Waals surface area (Å²) < 4.78 is 18.8. The number of benzene rings is 3. The topological polar surface area (TPSA) is 75.0 Å². The highest BCUT2D eigenvalue weighted by molar-refractivity contribution is 7.15. The van der Waals surface area contributed by atoms with Crippen LogP contribution in [-0.2, 0) is 6.61 Å². The lowest BCUT2D eigenvalue weighted by Gasteiger charge is -2.11. The number of fused-ring (bicyclic) bond motifs is 1. The smallest absolute Gasteiger partial charge is 0.291 e. The third kappa shape index (κ3) is 4.99. The van der Waals surface area contributed by atoms with Crippen molar-refractivity contribution in [2.45, 2.75) is 6.61 Å². The van der Waals surface area contributed by atoms with Crippen molar-refractivity contribution in [3.05, 3.63) is 111 Å². The third-order valence-electron chi connectivity index (χ3n) is 5.38. The summed E-state index contributed by atoms with van der Waals surface area (Å²) in [5.41, 5.74) is 2.47. The Kier molecular flexibility index (Phi) is 6.77. The molecule has 5 rings (SSSR count). The van der Waals surface area contributed by atoms with Crippen molar-refractivity contribution in [2.24, 2.45) is 0 Å². The third-order valence-corrected chi connectivity index (χ3v) is 6.34. The van der Waals surface area contributed by atoms with Gasteiger partial charge < -0.3 is 14.2 Å². The molecule has 0 aliphatic carbocycles. The second kappa shape index (κ2) is 10.5. The minimum absolute atomic E-state index is 0.219. The molecule has 5 aromatic rings. The van der Waals surface area contributed by atoms with Crippen LogP contribution < -0.4 is 24.3 Å². The molecule has 0 N–H and O–H groups in total. The van der Waals surface area contributed by atoms with Gasteiger partial charge in [0.15, 0.2) is 17.3 Å². The van der Waals surface area contributed by atoms with E-state index in [4.69, 9.17) is 14.2 Å². The van der Waals surface area contributed by atoms with E-state index < -0.39 is 0 Å². The highest BCUT2D eigenvalue weighted by Crippen LogP contribution is 2.29. The second-order valence-corrected chi connectivity index (χ2v) is 8.86. The largest absolute Gasteiger partial charge is 0.493 e. The Balaban J connectivity index is 1.38. The van der Waals surface area contributed by atoms with Crippen molar-refractivity contribution in [1.29, 1.82) is 0 Å². The Morgan fingerprint density at radius 3 is 2.53 bits per heavy atom. The van der Waals surface area contributed by atoms with E-state index in [1.165, 1.54) is 15.9 Å². The predicted octanol–water partition coefficient (Wildman–Crippen LogP) is 4.52. The van der Waals surface area contributed by atoms with Crippen molar-refractivity contribution in [3.8, 4) is 28.6 Å². The predicted molar refractivity (Wildman–Crippen MR) is 141 cm³/mol. The van der Waals surface area contributed by atoms with E-state index in [9.17, 15) is 4.79 Å². The fourth-order valence-electron chi connectivity index (χ4n) is 3.59. The van der Waals surface area contributed by atoms with Gasteiger partial charge in [0.05, 0.1) is 11.6 Å². The van der Waals surface area contributed by atoms with Gasteiger partial charge in [-0.3, -0.25) is 4.79 Å². The van der Waals surface area contributed by atoms with Crippen LogP contribution in [0.5, 0.6) is 17.2 Å². The van der Waals surface area contributed by atoms with Crippen LogP contribution in [0.1, 0.15) is 11.1 Å². The maximum atomic E-state index is 13.0. The Labute approximate surface area is 211 Å². The first-order valence-electron chi connectivity index (χ1n) is 11.2. The van der Waals surface area contributed by atoms with Gasteiger partial charge in [0.1, 0.15) is 19.0 Å². The number of hydrogen-bond acceptors (Lipinski definition) is 7. The Hall–Kier alpha value is -4.43. The summed E-state index contributed by atoms with van der Waals surface area (Å²) >= 11 is 1.29. The molecule has 2 heterocycles. The van der Waals surface area contributed by atoms with Crippen LogP contribution in [0.25, 0.3) is 22.4 Å². The van der Waals surface area contributed by atoms with Crippen molar-refractivity contribution >= 4 is 22.4 Å². The summed E-state index contributed by atoms with van der Waals surface area (Å²) in [7, 11) is 1.59. The van der Waals surface area contributed by atoms with E-state index >= 15 is 0 Å². The molecule has 8 heteroatoms. The maximum absolute atomic E-state index is 13.0. The normalized spacial score (nSPS) is 11.5. The van der Waals surface area contributed by atoms with E-state index in [2.05, 4.69) is 16.7 Å². The SMILES string of the molecule is C=CCOc1ccc(-c2nc3s/c(=C/c4ccc(OCc5ccccc5)c(OC)c4)c(=O)n3n2)cc1. The van der Waals surface area contributed by atoms with Gasteiger partial charge in [-0.15, -0.1) is 5.10 Å². The van der Waals surface area contributed by atoms with Crippen LogP contribution in [0.3, 0.4) is 0 Å². The Morgan fingerprint density at radius 1 is 1.00 bits per heavy atom. The number of nitrogens with zero attached hydrogens (tertiary/aromatic N) is 3. The lowest BCUT2D eigenvalue weighted by Crippen LogP contribution is -2.23. The number of rotatable bonds is 9. The number of thiazole rings is 1. The Morgan fingerprint density at radius 2 is 1.81 bits per heavy atom. The molecule has 7 nitrogen and oxygen atoms in total. The first kappa shape index (κ1) is 23.3. The van der Waals surface area contributed by atoms with E-state index in [-0.39, 0.29) is 5.56 Å². The van der Waals surface area contributed by atoms with Gasteiger partial charge in [0.2, 0.25) is 4.96 Å². The maximum Gasteiger partial charge on any atom is 0.291 e. The van der Waals surface area contributed by atoms with Crippen LogP contribution in [0.15, 0.2) is 90.2 Å². The monoisotopic (exact) mass is 497 g/mol. The molecule has 0 amide bonds. The minimum Gasteiger partial charge on any atom is -0.493 e. The zero-order chi connectivity index (χ0) is 24.9. The van der Waals surface area contributed by atoms with Gasteiger partial charge in [-0.2, -0.15) is 9.50 Å². The molecule has 0 spiro atoms. The van der Waals surface area contributed by atoms with Crippen molar-refractivity contribution < 1.29 is 14.2 Å². The molecule has 0 radical (unpaired) electrons. The average Bonchev–Trinajstić information content (AvgIpc) is 3.46. The fourth-order valence-corrected chi connectivity index (χ4v) is 4.50. The van der Waals surface area contributed by atoms with Crippen LogP contribution in [0.4, 0.5) is 0 Å². The van der Waals surface area contributed by atoms with E-state index in [0.717, 1.165) is 22.4 Å². The molecular weight excluding hydrogens is 474 g/mol. The lowest BCUT2D eigenvalue weighted by atomic mass is 10.2. The summed E-state index contributed by atoms with van der Waals surface area (Å²) in [4.78, 5) is 18.1. The van der Waals surface area contributed by atoms with Gasteiger partial charge in [0.25, 0.3) is 5.56 Å². The van der Waals surface area contributed by atoms with Crippen molar-refractivity contribution in [3.63, 3.8) is 0 Å². The average molecular weight is 498 g/mol. The zero-order valence-corrected chi connectivity index (χ0v) is 20.4. The molecule has 0 aliphatic heterocycles. The molecule has 0 fully saturated rings. The summed E-state index contributed by atoms with van der Waals surface area (Å²) in [6.07, 6.45) is 3.49. The quantitative estimate of drug-likeness (QED) is 0.279. The molecule has 0 unspecified atom stereocenters. The molecule has 0 bridgehead atoms. The van der Waals surface area contributed by atoms with Gasteiger partial charge in [-0.25, -0.2) is 0 Å². The second-order valence-electron chi connectivity index (χ2n) is 7.85. The molecule has 2 aromatic heterocycles. The van der Waals surface area contributed by atoms with Crippen molar-refractivity contribution in [2.75, 3.05) is 13.7 Å². The highest BCUT2D eigenvalue weighted by atomic mass is 32.1. The van der Waals surface area contributed by atoms with Gasteiger partial charge in [-0.05, 0) is 53.6 Å². The van der Waals surface area contributed by atoms with Gasteiger partial charge in [-0.1, -0.05) is 60.4 Å². The van der Waals surface area contributed by atoms with Crippen molar-refractivity contribution in [1.82, 2.24) is 14.6 Å².